The van der Waals surface area contributed by atoms with E-state index in [0.717, 1.165) is 0 Å². The van der Waals surface area contributed by atoms with Gasteiger partial charge in [-0.15, -0.1) is 6.58 Å². The molecule has 5 saturated heterocycles. The maximum atomic E-state index is 11.2. The van der Waals surface area contributed by atoms with Crippen LogP contribution in [-0.4, -0.2) is 246 Å². The molecular weight excluding hydrogens is 778 g/mol. The minimum atomic E-state index is -1.97. The quantitative estimate of drug-likeness (QED) is 0.0722. The minimum Gasteiger partial charge on any atom is -0.394 e. The molecule has 0 aromatic carbocycles. The molecule has 5 aliphatic heterocycles. The predicted molar refractivity (Wildman–Crippen MR) is 180 cm³/mol. The van der Waals surface area contributed by atoms with Crippen LogP contribution in [-0.2, 0) is 47.4 Å². The van der Waals surface area contributed by atoms with E-state index in [4.69, 9.17) is 53.1 Å². The third-order valence-corrected chi connectivity index (χ3v) is 10.7. The van der Waals surface area contributed by atoms with Gasteiger partial charge in [-0.25, -0.2) is 0 Å². The van der Waals surface area contributed by atoms with E-state index in [9.17, 15) is 66.4 Å². The molecule has 0 saturated carbocycles. The number of aliphatic hydroxyl groups excluding tert-OH is 13. The van der Waals surface area contributed by atoms with Crippen molar-refractivity contribution in [3.8, 4) is 0 Å². The summed E-state index contributed by atoms with van der Waals surface area (Å²) in [6.07, 6.45) is -38.6. The molecule has 0 spiro atoms. The van der Waals surface area contributed by atoms with Crippen molar-refractivity contribution in [3.63, 3.8) is 0 Å². The Bertz CT molecular complexity index is 1260. The van der Waals surface area contributed by atoms with Crippen LogP contribution < -0.4 is 5.73 Å². The average molecular weight is 836 g/mol. The average Bonchev–Trinajstić information content (AvgIpc) is 3.19. The second-order valence-corrected chi connectivity index (χ2v) is 14.6. The topological polar surface area (TPSA) is 381 Å². The van der Waals surface area contributed by atoms with Gasteiger partial charge in [-0.2, -0.15) is 0 Å². The van der Waals surface area contributed by atoms with Crippen molar-refractivity contribution in [1.82, 2.24) is 0 Å². The fourth-order valence-corrected chi connectivity index (χ4v) is 7.23. The van der Waals surface area contributed by atoms with Crippen molar-refractivity contribution in [2.75, 3.05) is 26.4 Å². The van der Waals surface area contributed by atoms with Gasteiger partial charge in [-0.05, 0) is 13.8 Å². The van der Waals surface area contributed by atoms with E-state index < -0.39 is 173 Å². The minimum absolute atomic E-state index is 0.115. The van der Waals surface area contributed by atoms with Gasteiger partial charge in [0.15, 0.2) is 31.5 Å². The zero-order chi connectivity index (χ0) is 42.0. The smallest absolute Gasteiger partial charge is 0.187 e. The van der Waals surface area contributed by atoms with Gasteiger partial charge in [0, 0.05) is 0 Å². The molecule has 0 amide bonds. The van der Waals surface area contributed by atoms with Crippen molar-refractivity contribution in [1.29, 1.82) is 0 Å². The molecule has 0 aromatic heterocycles. The molecule has 0 radical (unpaired) electrons. The van der Waals surface area contributed by atoms with E-state index in [1.165, 1.54) is 19.9 Å². The van der Waals surface area contributed by atoms with E-state index in [2.05, 4.69) is 6.58 Å². The lowest BCUT2D eigenvalue weighted by Gasteiger charge is -2.51. The molecule has 25 atom stereocenters. The van der Waals surface area contributed by atoms with E-state index in [-0.39, 0.29) is 6.61 Å². The molecule has 5 fully saturated rings. The maximum absolute atomic E-state index is 11.2. The molecule has 332 valence electrons. The van der Waals surface area contributed by atoms with Crippen LogP contribution in [0.25, 0.3) is 0 Å². The monoisotopic (exact) mass is 835 g/mol. The second kappa shape index (κ2) is 20.1. The Morgan fingerprint density at radius 3 is 1.44 bits per heavy atom. The molecule has 24 heteroatoms. The van der Waals surface area contributed by atoms with Crippen molar-refractivity contribution >= 4 is 0 Å². The first-order valence-electron chi connectivity index (χ1n) is 18.5. The maximum Gasteiger partial charge on any atom is 0.187 e. The number of nitrogens with two attached hydrogens (primary N) is 1. The third kappa shape index (κ3) is 9.80. The molecule has 0 bridgehead atoms. The Balaban J connectivity index is 1.48. The summed E-state index contributed by atoms with van der Waals surface area (Å²) >= 11 is 0. The van der Waals surface area contributed by atoms with E-state index in [1.807, 2.05) is 0 Å². The Kier molecular flexibility index (Phi) is 16.5. The molecule has 0 aromatic rings. The molecule has 5 rings (SSSR count). The Morgan fingerprint density at radius 1 is 0.456 bits per heavy atom. The molecule has 57 heavy (non-hydrogen) atoms. The molecule has 0 aliphatic carbocycles. The zero-order valence-electron chi connectivity index (χ0n) is 31.0. The van der Waals surface area contributed by atoms with Crippen LogP contribution in [0.2, 0.25) is 0 Å². The Hall–Kier alpha value is -1.22. The number of hydrogen-bond acceptors (Lipinski definition) is 24. The lowest BCUT2D eigenvalue weighted by atomic mass is 9.94. The van der Waals surface area contributed by atoms with Crippen LogP contribution in [0.15, 0.2) is 12.7 Å². The van der Waals surface area contributed by atoms with Crippen LogP contribution in [0.1, 0.15) is 13.8 Å². The molecule has 5 heterocycles. The second-order valence-electron chi connectivity index (χ2n) is 14.6. The predicted octanol–water partition coefficient (Wildman–Crippen LogP) is -8.69. The standard InChI is InChI=1S/C33H57NO23/c1-4-5-48-30-24(47)27(18(41)12(7-36)51-30)56-29-14(34)26(55-31-22(45)19(42)15(38)9(2)49-31)25(13(8-37)53-29)54-33-28(21(44)17(40)11(6-35)52-33)57-32-23(46)20(43)16(39)10(3)50-32/h4,9-33,35-47H,1,5-8,34H2,2-3H3/t9?,10?,11?,12?,13?,14?,15-,16+,17+,18+,19-,20?,21+,22?,23+,24?,25-,26-,27+,28?,29+,30-,31+,32+,33+/m1/s1. The highest BCUT2D eigenvalue weighted by Crippen LogP contribution is 2.36. The summed E-state index contributed by atoms with van der Waals surface area (Å²) in [5.41, 5.74) is 6.65. The van der Waals surface area contributed by atoms with Crippen molar-refractivity contribution in [2.24, 2.45) is 5.73 Å². The van der Waals surface area contributed by atoms with Crippen LogP contribution >= 0.6 is 0 Å². The summed E-state index contributed by atoms with van der Waals surface area (Å²) in [7, 11) is 0. The molecule has 24 nitrogen and oxygen atoms in total. The third-order valence-electron chi connectivity index (χ3n) is 10.7. The molecule has 5 aliphatic rings. The summed E-state index contributed by atoms with van der Waals surface area (Å²) in [5, 5.41) is 138. The number of aliphatic hydroxyl groups is 13. The van der Waals surface area contributed by atoms with Crippen LogP contribution in [0.3, 0.4) is 0 Å². The van der Waals surface area contributed by atoms with Gasteiger partial charge >= 0.3 is 0 Å². The number of ether oxygens (including phenoxy) is 10. The summed E-state index contributed by atoms with van der Waals surface area (Å²) in [5.74, 6) is 0. The van der Waals surface area contributed by atoms with Gasteiger partial charge < -0.3 is 119 Å². The van der Waals surface area contributed by atoms with Crippen LogP contribution in [0.4, 0.5) is 0 Å². The van der Waals surface area contributed by atoms with Gasteiger partial charge in [0.25, 0.3) is 0 Å². The first-order valence-corrected chi connectivity index (χ1v) is 18.5. The van der Waals surface area contributed by atoms with Crippen molar-refractivity contribution in [3.05, 3.63) is 12.7 Å². The number of rotatable bonds is 14. The fourth-order valence-electron chi connectivity index (χ4n) is 7.23. The van der Waals surface area contributed by atoms with Crippen LogP contribution in [0, 0.1) is 0 Å². The van der Waals surface area contributed by atoms with Gasteiger partial charge in [-0.3, -0.25) is 0 Å². The summed E-state index contributed by atoms with van der Waals surface area (Å²) in [6, 6.07) is -1.62. The fraction of sp³-hybridized carbons (Fsp3) is 0.939. The van der Waals surface area contributed by atoms with Gasteiger partial charge in [0.05, 0.1) is 44.7 Å². The summed E-state index contributed by atoms with van der Waals surface area (Å²) in [4.78, 5) is 0. The first-order chi connectivity index (χ1) is 27.0. The Morgan fingerprint density at radius 2 is 0.912 bits per heavy atom. The van der Waals surface area contributed by atoms with Crippen LogP contribution in [0.5, 0.6) is 0 Å². The van der Waals surface area contributed by atoms with Crippen molar-refractivity contribution < 1.29 is 114 Å². The van der Waals surface area contributed by atoms with E-state index >= 15 is 0 Å². The molecular formula is C33H57NO23. The normalized spacial score (nSPS) is 52.4. The van der Waals surface area contributed by atoms with Gasteiger partial charge in [0.2, 0.25) is 0 Å². The lowest BCUT2D eigenvalue weighted by Crippen LogP contribution is -2.70. The molecule has 10 unspecified atom stereocenters. The summed E-state index contributed by atoms with van der Waals surface area (Å²) < 4.78 is 57.8. The first kappa shape index (κ1) is 46.8. The zero-order valence-corrected chi connectivity index (χ0v) is 31.0. The highest BCUT2D eigenvalue weighted by molar-refractivity contribution is 5.00. The summed E-state index contributed by atoms with van der Waals surface area (Å²) in [6.45, 7) is 3.57. The van der Waals surface area contributed by atoms with Gasteiger partial charge in [0.1, 0.15) is 104 Å². The Labute approximate surface area is 325 Å². The SMILES string of the molecule is C=CCO[C@@H]1OC(CO)[C@H](O)[C@H](O[C@@H]2OC(CO)[C@@H](O[C@@H]3OC(CO)[C@H](O)[C@H](O)C3O[C@@H]3OC(C)[C@H](O)C(O)[C@@H]3O)[C@H](O[C@@H]3OC(C)[C@@H](O)[C@@H](O)C3O)C2N)C1O. The van der Waals surface area contributed by atoms with E-state index in [1.54, 1.807) is 0 Å². The highest BCUT2D eigenvalue weighted by atomic mass is 16.8. The van der Waals surface area contributed by atoms with Crippen molar-refractivity contribution in [2.45, 2.75) is 167 Å². The number of hydrogen-bond donors (Lipinski definition) is 14. The highest BCUT2D eigenvalue weighted by Gasteiger charge is 2.57. The molecule has 15 N–H and O–H groups in total. The van der Waals surface area contributed by atoms with E-state index in [0.29, 0.717) is 0 Å². The largest absolute Gasteiger partial charge is 0.394 e. The van der Waals surface area contributed by atoms with Gasteiger partial charge in [-0.1, -0.05) is 6.08 Å². The lowest BCUT2D eigenvalue weighted by molar-refractivity contribution is -0.397.